The molecule has 0 aromatic heterocycles. The fourth-order valence-electron chi connectivity index (χ4n) is 0.881. The molecule has 8 N–H and O–H groups in total. The second-order valence-electron chi connectivity index (χ2n) is 2.31. The van der Waals surface area contributed by atoms with Crippen molar-refractivity contribution in [3.8, 4) is 0 Å². The van der Waals surface area contributed by atoms with Crippen molar-refractivity contribution in [3.63, 3.8) is 0 Å². The molecule has 0 aromatic rings. The molecule has 1 aliphatic rings. The molecule has 1 aliphatic carbocycles. The summed E-state index contributed by atoms with van der Waals surface area (Å²) < 4.78 is 0. The predicted molar refractivity (Wildman–Crippen MR) is 73.2 cm³/mol. The number of nitrogens with two attached hydrogens (primary N) is 4. The van der Waals surface area contributed by atoms with Crippen molar-refractivity contribution in [2.45, 2.75) is 24.2 Å². The molecular weight excluding hydrogens is 424 g/mol. The minimum absolute atomic E-state index is 0. The van der Waals surface area contributed by atoms with E-state index in [0.29, 0.717) is 0 Å². The highest BCUT2D eigenvalue weighted by atomic mass is 79.9. The molecule has 1 fully saturated rings. The minimum Gasteiger partial charge on any atom is -0.325 e. The van der Waals surface area contributed by atoms with Gasteiger partial charge in [-0.05, 0) is 0 Å². The van der Waals surface area contributed by atoms with E-state index in [-0.39, 0.29) is 92.1 Å². The van der Waals surface area contributed by atoms with E-state index in [1.54, 1.807) is 0 Å². The van der Waals surface area contributed by atoms with Gasteiger partial charge in [0, 0.05) is 24.2 Å². The van der Waals surface area contributed by atoms with Gasteiger partial charge in [-0.1, -0.05) is 0 Å². The third kappa shape index (κ3) is 4.32. The lowest BCUT2D eigenvalue weighted by molar-refractivity contribution is 0.239. The van der Waals surface area contributed by atoms with Gasteiger partial charge in [-0.3, -0.25) is 0 Å². The van der Waals surface area contributed by atoms with Gasteiger partial charge in [0.25, 0.3) is 0 Å². The van der Waals surface area contributed by atoms with E-state index in [2.05, 4.69) is 0 Å². The van der Waals surface area contributed by atoms with E-state index >= 15 is 0 Å². The third-order valence-electron chi connectivity index (χ3n) is 1.78. The first-order chi connectivity index (χ1) is 3.64. The second kappa shape index (κ2) is 9.32. The maximum absolute atomic E-state index is 5.43. The molecule has 0 aromatic carbocycles. The highest BCUT2D eigenvalue weighted by Crippen LogP contribution is 2.12. The zero-order chi connectivity index (χ0) is 6.31. The van der Waals surface area contributed by atoms with Crippen LogP contribution in [0.3, 0.4) is 0 Å². The Labute approximate surface area is 114 Å². The molecule has 0 heterocycles. The highest BCUT2D eigenvalue weighted by Gasteiger charge is 2.41. The normalized spacial score (nSPS) is 37.0. The molecule has 8 heteroatoms. The third-order valence-corrected chi connectivity index (χ3v) is 1.78. The first kappa shape index (κ1) is 23.5. The molecule has 1 saturated carbocycles. The molecule has 4 nitrogen and oxygen atoms in total. The summed E-state index contributed by atoms with van der Waals surface area (Å²) in [5, 5.41) is 0. The molecular formula is C4H16Br4N4. The van der Waals surface area contributed by atoms with Crippen LogP contribution in [0.4, 0.5) is 0 Å². The van der Waals surface area contributed by atoms with Gasteiger partial charge in [-0.2, -0.15) is 0 Å². The molecule has 0 atom stereocenters. The van der Waals surface area contributed by atoms with Crippen molar-refractivity contribution in [2.24, 2.45) is 22.9 Å². The van der Waals surface area contributed by atoms with Gasteiger partial charge < -0.3 is 22.9 Å². The van der Waals surface area contributed by atoms with Gasteiger partial charge in [-0.25, -0.2) is 0 Å². The zero-order valence-corrected chi connectivity index (χ0v) is 13.1. The van der Waals surface area contributed by atoms with E-state index < -0.39 is 0 Å². The van der Waals surface area contributed by atoms with Crippen LogP contribution in [0.5, 0.6) is 0 Å². The average Bonchev–Trinajstić information content (AvgIpc) is 1.83. The van der Waals surface area contributed by atoms with Crippen LogP contribution in [0.25, 0.3) is 0 Å². The largest absolute Gasteiger partial charge is 0.325 e. The predicted octanol–water partition coefficient (Wildman–Crippen LogP) is -0.379. The van der Waals surface area contributed by atoms with E-state index in [1.807, 2.05) is 0 Å². The molecule has 12 heavy (non-hydrogen) atoms. The van der Waals surface area contributed by atoms with Gasteiger partial charge in [0.1, 0.15) is 0 Å². The van der Waals surface area contributed by atoms with Crippen LogP contribution in [0, 0.1) is 0 Å². The van der Waals surface area contributed by atoms with Crippen LogP contribution in [-0.2, 0) is 0 Å². The Bertz CT molecular complexity index is 73.1. The van der Waals surface area contributed by atoms with Crippen molar-refractivity contribution < 1.29 is 0 Å². The van der Waals surface area contributed by atoms with Gasteiger partial charge in [0.15, 0.2) is 0 Å². The van der Waals surface area contributed by atoms with Crippen molar-refractivity contribution in [1.82, 2.24) is 0 Å². The Balaban J connectivity index is -0.0000000800. The van der Waals surface area contributed by atoms with Crippen LogP contribution in [-0.4, -0.2) is 24.2 Å². The number of hydrogen-bond donors (Lipinski definition) is 4. The van der Waals surface area contributed by atoms with E-state index in [0.717, 1.165) is 0 Å². The van der Waals surface area contributed by atoms with Crippen molar-refractivity contribution in [2.75, 3.05) is 0 Å². The average molecular weight is 440 g/mol. The van der Waals surface area contributed by atoms with Gasteiger partial charge in [0.2, 0.25) is 0 Å². The number of hydrogen-bond acceptors (Lipinski definition) is 4. The van der Waals surface area contributed by atoms with E-state index in [1.165, 1.54) is 0 Å². The number of rotatable bonds is 0. The van der Waals surface area contributed by atoms with E-state index in [4.69, 9.17) is 22.9 Å². The summed E-state index contributed by atoms with van der Waals surface area (Å²) in [7, 11) is 0. The Morgan fingerprint density at radius 3 is 0.583 bits per heavy atom. The smallest absolute Gasteiger partial charge is 0.0378 e. The fourth-order valence-corrected chi connectivity index (χ4v) is 0.881. The summed E-state index contributed by atoms with van der Waals surface area (Å²) in [6.45, 7) is 0. The highest BCUT2D eigenvalue weighted by molar-refractivity contribution is 8.93. The van der Waals surface area contributed by atoms with Gasteiger partial charge in [0.05, 0.1) is 0 Å². The van der Waals surface area contributed by atoms with Gasteiger partial charge in [-0.15, -0.1) is 67.9 Å². The lowest BCUT2D eigenvalue weighted by atomic mass is 9.78. The lowest BCUT2D eigenvalue weighted by Crippen LogP contribution is -2.77. The summed E-state index contributed by atoms with van der Waals surface area (Å²) in [5.41, 5.74) is 21.7. The van der Waals surface area contributed by atoms with Crippen LogP contribution in [0.15, 0.2) is 0 Å². The second-order valence-corrected chi connectivity index (χ2v) is 2.31. The van der Waals surface area contributed by atoms with Crippen LogP contribution in [0.2, 0.25) is 0 Å². The SMILES string of the molecule is Br.Br.Br.Br.NC1C(N)C(N)C1N. The summed E-state index contributed by atoms with van der Waals surface area (Å²) in [6.07, 6.45) is 0. The summed E-state index contributed by atoms with van der Waals surface area (Å²) in [4.78, 5) is 0. The maximum atomic E-state index is 5.43. The van der Waals surface area contributed by atoms with Crippen molar-refractivity contribution >= 4 is 67.9 Å². The Hall–Kier alpha value is 1.76. The maximum Gasteiger partial charge on any atom is 0.0378 e. The summed E-state index contributed by atoms with van der Waals surface area (Å²) >= 11 is 0. The van der Waals surface area contributed by atoms with Crippen molar-refractivity contribution in [1.29, 1.82) is 0 Å². The topological polar surface area (TPSA) is 104 Å². The summed E-state index contributed by atoms with van der Waals surface area (Å²) in [5.74, 6) is 0. The monoisotopic (exact) mass is 436 g/mol. The van der Waals surface area contributed by atoms with Gasteiger partial charge >= 0.3 is 0 Å². The molecule has 0 amide bonds. The Morgan fingerprint density at radius 1 is 0.417 bits per heavy atom. The molecule has 0 unspecified atom stereocenters. The quantitative estimate of drug-likeness (QED) is 0.413. The van der Waals surface area contributed by atoms with E-state index in [9.17, 15) is 0 Å². The minimum atomic E-state index is -0.0926. The standard InChI is InChI=1S/C4H12N4.4BrH/c5-1-2(6)4(8)3(1)7;;;;/h1-4H,5-8H2;4*1H. The van der Waals surface area contributed by atoms with Crippen LogP contribution in [0.1, 0.15) is 0 Å². The molecule has 0 aliphatic heterocycles. The lowest BCUT2D eigenvalue weighted by Gasteiger charge is -2.43. The van der Waals surface area contributed by atoms with Crippen LogP contribution >= 0.6 is 67.9 Å². The molecule has 0 bridgehead atoms. The summed E-state index contributed by atoms with van der Waals surface area (Å²) in [6, 6.07) is -0.370. The molecule has 1 rings (SSSR count). The first-order valence-electron chi connectivity index (χ1n) is 2.67. The molecule has 0 saturated heterocycles. The Kier molecular flexibility index (Phi) is 18.3. The zero-order valence-electron chi connectivity index (χ0n) is 6.25. The molecule has 0 radical (unpaired) electrons. The molecule has 0 spiro atoms. The van der Waals surface area contributed by atoms with Crippen molar-refractivity contribution in [3.05, 3.63) is 0 Å². The Morgan fingerprint density at radius 2 is 0.500 bits per heavy atom. The fraction of sp³-hybridized carbons (Fsp3) is 1.00. The first-order valence-corrected chi connectivity index (χ1v) is 2.67. The molecule has 80 valence electrons. The number of halogens is 4. The van der Waals surface area contributed by atoms with Crippen LogP contribution < -0.4 is 22.9 Å².